The Kier molecular flexibility index (Phi) is 5.17. The number of alkyl halides is 1. The zero-order valence-corrected chi connectivity index (χ0v) is 12.7. The summed E-state index contributed by atoms with van der Waals surface area (Å²) in [6.45, 7) is 0. The molecule has 0 aromatic carbocycles. The lowest BCUT2D eigenvalue weighted by Crippen LogP contribution is -2.24. The van der Waals surface area contributed by atoms with Crippen LogP contribution in [-0.2, 0) is 0 Å². The van der Waals surface area contributed by atoms with Gasteiger partial charge < -0.3 is 0 Å². The van der Waals surface area contributed by atoms with Gasteiger partial charge in [0.25, 0.3) is 0 Å². The van der Waals surface area contributed by atoms with E-state index >= 15 is 0 Å². The van der Waals surface area contributed by atoms with Gasteiger partial charge in [0.15, 0.2) is 0 Å². The minimum Gasteiger partial charge on any atom is -0.238 e. The van der Waals surface area contributed by atoms with E-state index in [0.717, 1.165) is 5.33 Å². The van der Waals surface area contributed by atoms with E-state index in [0.29, 0.717) is 5.41 Å². The second-order valence-electron chi connectivity index (χ2n) is 4.63. The topological polar surface area (TPSA) is 12.9 Å². The highest BCUT2D eigenvalue weighted by Crippen LogP contribution is 2.41. The molecule has 1 aliphatic carbocycles. The van der Waals surface area contributed by atoms with Gasteiger partial charge in [0.05, 0.1) is 0 Å². The van der Waals surface area contributed by atoms with Crippen molar-refractivity contribution in [2.24, 2.45) is 5.41 Å². The fourth-order valence-electron chi connectivity index (χ4n) is 2.29. The van der Waals surface area contributed by atoms with Crippen molar-refractivity contribution >= 4 is 39.0 Å². The first-order valence-electron chi connectivity index (χ1n) is 5.93. The van der Waals surface area contributed by atoms with Gasteiger partial charge in [-0.1, -0.05) is 53.4 Å². The maximum absolute atomic E-state index is 4.36. The van der Waals surface area contributed by atoms with Gasteiger partial charge in [-0.05, 0) is 18.3 Å². The molecule has 1 saturated carbocycles. The summed E-state index contributed by atoms with van der Waals surface area (Å²) in [5, 5.41) is 3.22. The maximum Gasteiger partial charge on any atom is 0.149 e. The minimum absolute atomic E-state index is 0.521. The predicted octanol–water partition coefficient (Wildman–Crippen LogP) is 4.97. The number of rotatable bonds is 4. The molecule has 0 spiro atoms. The van der Waals surface area contributed by atoms with E-state index in [-0.39, 0.29) is 0 Å². The van der Waals surface area contributed by atoms with Crippen LogP contribution in [0.2, 0.25) is 0 Å². The lowest BCUT2D eigenvalue weighted by molar-refractivity contribution is 0.334. The molecule has 0 amide bonds. The predicted molar refractivity (Wildman–Crippen MR) is 76.8 cm³/mol. The van der Waals surface area contributed by atoms with Gasteiger partial charge in [-0.15, -0.1) is 11.3 Å². The number of halogens is 1. The van der Waals surface area contributed by atoms with Crippen molar-refractivity contribution in [1.82, 2.24) is 4.98 Å². The fraction of sp³-hybridized carbons (Fsp3) is 0.750. The SMILES string of the molecule is BrCC1(CSc2nccs2)CCCCCC1. The molecule has 1 aromatic heterocycles. The standard InChI is InChI=1S/C12H18BrNS2/c13-9-12(5-3-1-2-4-6-12)10-16-11-14-7-8-15-11/h7-8H,1-6,9-10H2. The molecule has 0 N–H and O–H groups in total. The van der Waals surface area contributed by atoms with E-state index in [1.807, 2.05) is 18.0 Å². The molecule has 1 aliphatic rings. The third kappa shape index (κ3) is 3.47. The van der Waals surface area contributed by atoms with Crippen LogP contribution in [0.4, 0.5) is 0 Å². The van der Waals surface area contributed by atoms with Gasteiger partial charge in [-0.2, -0.15) is 0 Å². The van der Waals surface area contributed by atoms with Gasteiger partial charge >= 0.3 is 0 Å². The van der Waals surface area contributed by atoms with Crippen LogP contribution >= 0.6 is 39.0 Å². The summed E-state index contributed by atoms with van der Waals surface area (Å²) in [6, 6.07) is 0. The Morgan fingerprint density at radius 2 is 2.06 bits per heavy atom. The van der Waals surface area contributed by atoms with Crippen molar-refractivity contribution in [2.75, 3.05) is 11.1 Å². The molecule has 0 saturated heterocycles. The molecule has 0 bridgehead atoms. The molecule has 0 aliphatic heterocycles. The number of nitrogens with zero attached hydrogens (tertiary/aromatic N) is 1. The zero-order valence-electron chi connectivity index (χ0n) is 9.45. The van der Waals surface area contributed by atoms with E-state index in [4.69, 9.17) is 0 Å². The summed E-state index contributed by atoms with van der Waals surface area (Å²) in [7, 11) is 0. The molecule has 1 aromatic rings. The maximum atomic E-state index is 4.36. The molecule has 1 nitrogen and oxygen atoms in total. The smallest absolute Gasteiger partial charge is 0.149 e. The van der Waals surface area contributed by atoms with Crippen molar-refractivity contribution in [2.45, 2.75) is 42.9 Å². The Morgan fingerprint density at radius 3 is 2.62 bits per heavy atom. The van der Waals surface area contributed by atoms with Crippen molar-refractivity contribution in [1.29, 1.82) is 0 Å². The van der Waals surface area contributed by atoms with Gasteiger partial charge in [0.2, 0.25) is 0 Å². The molecular formula is C12H18BrNS2. The van der Waals surface area contributed by atoms with Crippen LogP contribution < -0.4 is 0 Å². The molecule has 16 heavy (non-hydrogen) atoms. The minimum atomic E-state index is 0.521. The summed E-state index contributed by atoms with van der Waals surface area (Å²) < 4.78 is 1.23. The molecule has 2 rings (SSSR count). The van der Waals surface area contributed by atoms with E-state index in [2.05, 4.69) is 26.3 Å². The molecule has 1 fully saturated rings. The number of hydrogen-bond acceptors (Lipinski definition) is 3. The Morgan fingerprint density at radius 1 is 1.31 bits per heavy atom. The quantitative estimate of drug-likeness (QED) is 0.441. The molecule has 0 unspecified atom stereocenters. The Balaban J connectivity index is 1.92. The molecule has 0 radical (unpaired) electrons. The van der Waals surface area contributed by atoms with Crippen LogP contribution in [0.1, 0.15) is 38.5 Å². The van der Waals surface area contributed by atoms with Gasteiger partial charge in [0.1, 0.15) is 4.34 Å². The monoisotopic (exact) mass is 319 g/mol. The lowest BCUT2D eigenvalue weighted by atomic mass is 9.85. The Bertz CT molecular complexity index is 292. The van der Waals surface area contributed by atoms with Crippen LogP contribution in [0.3, 0.4) is 0 Å². The summed E-state index contributed by atoms with van der Waals surface area (Å²) in [5.41, 5.74) is 0.521. The molecule has 90 valence electrons. The van der Waals surface area contributed by atoms with E-state index in [1.165, 1.54) is 48.6 Å². The first-order chi connectivity index (χ1) is 7.85. The summed E-state index contributed by atoms with van der Waals surface area (Å²) in [6.07, 6.45) is 10.3. The zero-order chi connectivity index (χ0) is 11.3. The summed E-state index contributed by atoms with van der Waals surface area (Å²) >= 11 is 7.44. The van der Waals surface area contributed by atoms with Crippen LogP contribution in [0.25, 0.3) is 0 Å². The van der Waals surface area contributed by atoms with Gasteiger partial charge in [-0.25, -0.2) is 4.98 Å². The van der Waals surface area contributed by atoms with Crippen molar-refractivity contribution < 1.29 is 0 Å². The van der Waals surface area contributed by atoms with Gasteiger partial charge in [-0.3, -0.25) is 0 Å². The summed E-state index contributed by atoms with van der Waals surface area (Å²) in [5.74, 6) is 1.23. The van der Waals surface area contributed by atoms with Crippen LogP contribution in [0, 0.1) is 5.41 Å². The van der Waals surface area contributed by atoms with Crippen LogP contribution in [-0.4, -0.2) is 16.1 Å². The third-order valence-corrected chi connectivity index (χ3v) is 6.86. The molecular weight excluding hydrogens is 302 g/mol. The highest BCUT2D eigenvalue weighted by molar-refractivity contribution is 9.09. The molecule has 1 heterocycles. The number of thioether (sulfide) groups is 1. The largest absolute Gasteiger partial charge is 0.238 e. The van der Waals surface area contributed by atoms with Crippen molar-refractivity contribution in [3.8, 4) is 0 Å². The van der Waals surface area contributed by atoms with E-state index in [9.17, 15) is 0 Å². The molecule has 4 heteroatoms. The first-order valence-corrected chi connectivity index (χ1v) is 8.92. The fourth-order valence-corrected chi connectivity index (χ4v) is 5.24. The van der Waals surface area contributed by atoms with Gasteiger partial charge in [0, 0.05) is 22.7 Å². The van der Waals surface area contributed by atoms with Crippen molar-refractivity contribution in [3.05, 3.63) is 11.6 Å². The highest BCUT2D eigenvalue weighted by Gasteiger charge is 2.30. The lowest BCUT2D eigenvalue weighted by Gasteiger charge is -2.29. The van der Waals surface area contributed by atoms with Crippen molar-refractivity contribution in [3.63, 3.8) is 0 Å². The molecule has 0 atom stereocenters. The summed E-state index contributed by atoms with van der Waals surface area (Å²) in [4.78, 5) is 4.36. The number of aromatic nitrogens is 1. The normalized spacial score (nSPS) is 20.6. The second kappa shape index (κ2) is 6.41. The van der Waals surface area contributed by atoms with Crippen LogP contribution in [0.15, 0.2) is 15.9 Å². The highest BCUT2D eigenvalue weighted by atomic mass is 79.9. The van der Waals surface area contributed by atoms with Crippen LogP contribution in [0.5, 0.6) is 0 Å². The average molecular weight is 320 g/mol. The third-order valence-electron chi connectivity index (χ3n) is 3.36. The number of hydrogen-bond donors (Lipinski definition) is 0. The van der Waals surface area contributed by atoms with E-state index < -0.39 is 0 Å². The van der Waals surface area contributed by atoms with E-state index in [1.54, 1.807) is 11.3 Å². The second-order valence-corrected chi connectivity index (χ2v) is 7.31. The Labute approximate surface area is 115 Å². The first kappa shape index (κ1) is 12.9. The average Bonchev–Trinajstić information content (AvgIpc) is 2.72. The number of thiazole rings is 1. The Hall–Kier alpha value is 0.460.